The molecule has 0 aliphatic rings. The molecule has 0 bridgehead atoms. The zero-order valence-corrected chi connectivity index (χ0v) is 13.1. The fourth-order valence-electron chi connectivity index (χ4n) is 1.46. The second-order valence-electron chi connectivity index (χ2n) is 3.87. The number of ether oxygens (including phenoxy) is 2. The van der Waals surface area contributed by atoms with Crippen LogP contribution in [0.1, 0.15) is 13.8 Å². The summed E-state index contributed by atoms with van der Waals surface area (Å²) in [5, 5.41) is 2.95. The van der Waals surface area contributed by atoms with Crippen molar-refractivity contribution in [1.82, 2.24) is 15.0 Å². The number of aromatic nitrogens is 3. The van der Waals surface area contributed by atoms with Gasteiger partial charge in [-0.2, -0.15) is 9.97 Å². The van der Waals surface area contributed by atoms with Gasteiger partial charge in [-0.25, -0.2) is 4.39 Å². The van der Waals surface area contributed by atoms with Gasteiger partial charge in [0.25, 0.3) is 0 Å². The molecule has 1 N–H and O–H groups in total. The highest BCUT2D eigenvalue weighted by atomic mass is 79.9. The average Bonchev–Trinajstić information content (AvgIpc) is 2.43. The molecule has 1 aromatic heterocycles. The average molecular weight is 357 g/mol. The van der Waals surface area contributed by atoms with E-state index in [1.807, 2.05) is 13.8 Å². The van der Waals surface area contributed by atoms with E-state index in [0.29, 0.717) is 23.6 Å². The Kier molecular flexibility index (Phi) is 5.26. The van der Waals surface area contributed by atoms with Crippen LogP contribution in [0.15, 0.2) is 22.7 Å². The first-order valence-electron chi connectivity index (χ1n) is 6.38. The number of hydrogen-bond acceptors (Lipinski definition) is 6. The van der Waals surface area contributed by atoms with Gasteiger partial charge in [-0.15, -0.1) is 4.98 Å². The maximum absolute atomic E-state index is 13.5. The van der Waals surface area contributed by atoms with E-state index >= 15 is 0 Å². The monoisotopic (exact) mass is 356 g/mol. The van der Waals surface area contributed by atoms with E-state index in [2.05, 4.69) is 36.2 Å². The van der Waals surface area contributed by atoms with Crippen LogP contribution in [0.4, 0.5) is 10.3 Å². The van der Waals surface area contributed by atoms with Crippen LogP contribution in [-0.2, 0) is 0 Å². The van der Waals surface area contributed by atoms with Crippen LogP contribution in [0.2, 0.25) is 0 Å². The van der Waals surface area contributed by atoms with Crippen molar-refractivity contribution in [3.05, 3.63) is 28.5 Å². The molecule has 6 nitrogen and oxygen atoms in total. The van der Waals surface area contributed by atoms with E-state index in [1.54, 1.807) is 12.1 Å². The Hall–Kier alpha value is -1.96. The third kappa shape index (κ3) is 4.25. The molecule has 1 heterocycles. The number of anilines is 1. The predicted octanol–water partition coefficient (Wildman–Crippen LogP) is 3.40. The maximum Gasteiger partial charge on any atom is 0.330 e. The van der Waals surface area contributed by atoms with Crippen LogP contribution in [0.3, 0.4) is 0 Å². The van der Waals surface area contributed by atoms with Crippen LogP contribution in [0, 0.1) is 5.82 Å². The molecular formula is C13H14BrFN4O2. The Labute approximate surface area is 129 Å². The van der Waals surface area contributed by atoms with Gasteiger partial charge >= 0.3 is 12.0 Å². The lowest BCUT2D eigenvalue weighted by Gasteiger charge is -2.08. The van der Waals surface area contributed by atoms with Crippen molar-refractivity contribution in [2.45, 2.75) is 13.8 Å². The Morgan fingerprint density at radius 3 is 2.62 bits per heavy atom. The molecular weight excluding hydrogens is 343 g/mol. The van der Waals surface area contributed by atoms with Crippen molar-refractivity contribution in [2.24, 2.45) is 0 Å². The third-order valence-electron chi connectivity index (χ3n) is 2.30. The summed E-state index contributed by atoms with van der Waals surface area (Å²) < 4.78 is 24.5. The van der Waals surface area contributed by atoms with Crippen molar-refractivity contribution < 1.29 is 13.9 Å². The summed E-state index contributed by atoms with van der Waals surface area (Å²) in [7, 11) is 0. The first-order chi connectivity index (χ1) is 10.1. The molecule has 0 atom stereocenters. The van der Waals surface area contributed by atoms with Crippen molar-refractivity contribution >= 4 is 21.9 Å². The molecule has 0 amide bonds. The third-order valence-corrected chi connectivity index (χ3v) is 2.95. The van der Waals surface area contributed by atoms with Crippen molar-refractivity contribution in [3.8, 4) is 17.8 Å². The minimum atomic E-state index is -0.432. The van der Waals surface area contributed by atoms with Gasteiger partial charge in [-0.3, -0.25) is 0 Å². The zero-order chi connectivity index (χ0) is 15.2. The summed E-state index contributed by atoms with van der Waals surface area (Å²) in [6.45, 7) is 4.79. The van der Waals surface area contributed by atoms with Gasteiger partial charge in [0.15, 0.2) is 0 Å². The molecule has 0 spiro atoms. The van der Waals surface area contributed by atoms with Crippen molar-refractivity contribution in [1.29, 1.82) is 0 Å². The molecule has 0 unspecified atom stereocenters. The predicted molar refractivity (Wildman–Crippen MR) is 79.3 cm³/mol. The van der Waals surface area contributed by atoms with Gasteiger partial charge < -0.3 is 14.8 Å². The number of benzene rings is 1. The van der Waals surface area contributed by atoms with E-state index in [1.165, 1.54) is 6.07 Å². The van der Waals surface area contributed by atoms with E-state index in [0.717, 1.165) is 0 Å². The summed E-state index contributed by atoms with van der Waals surface area (Å²) in [5.74, 6) is 0.189. The molecule has 21 heavy (non-hydrogen) atoms. The summed E-state index contributed by atoms with van der Waals surface area (Å²) in [6, 6.07) is 4.56. The number of rotatable bonds is 6. The van der Waals surface area contributed by atoms with Gasteiger partial charge in [0.05, 0.1) is 11.1 Å². The SMILES string of the molecule is CCNc1nc(OCC)nc(Oc2ccc(Br)c(F)c2)n1. The number of hydrogen-bond donors (Lipinski definition) is 1. The molecule has 0 aliphatic heterocycles. The summed E-state index contributed by atoms with van der Waals surface area (Å²) in [4.78, 5) is 12.2. The lowest BCUT2D eigenvalue weighted by Crippen LogP contribution is -2.07. The second kappa shape index (κ2) is 7.16. The van der Waals surface area contributed by atoms with Gasteiger partial charge in [-0.1, -0.05) is 0 Å². The molecule has 0 fully saturated rings. The van der Waals surface area contributed by atoms with Crippen LogP contribution >= 0.6 is 15.9 Å². The number of nitrogens with zero attached hydrogens (tertiary/aromatic N) is 3. The lowest BCUT2D eigenvalue weighted by atomic mass is 10.3. The molecule has 0 saturated carbocycles. The molecule has 1 aromatic carbocycles. The van der Waals surface area contributed by atoms with E-state index < -0.39 is 5.82 Å². The number of nitrogens with one attached hydrogen (secondary N) is 1. The normalized spacial score (nSPS) is 10.3. The van der Waals surface area contributed by atoms with Gasteiger partial charge in [0.1, 0.15) is 11.6 Å². The quantitative estimate of drug-likeness (QED) is 0.855. The lowest BCUT2D eigenvalue weighted by molar-refractivity contribution is 0.303. The molecule has 112 valence electrons. The van der Waals surface area contributed by atoms with Gasteiger partial charge in [-0.05, 0) is 41.9 Å². The smallest absolute Gasteiger partial charge is 0.330 e. The highest BCUT2D eigenvalue weighted by Crippen LogP contribution is 2.25. The van der Waals surface area contributed by atoms with Crippen molar-refractivity contribution in [3.63, 3.8) is 0 Å². The molecule has 2 rings (SSSR count). The van der Waals surface area contributed by atoms with Crippen LogP contribution in [0.5, 0.6) is 17.8 Å². The molecule has 0 aliphatic carbocycles. The standard InChI is InChI=1S/C13H14BrFN4O2/c1-3-16-11-17-12(20-4-2)19-13(18-11)21-8-5-6-9(14)10(15)7-8/h5-7H,3-4H2,1-2H3,(H,16,17,18,19). The first kappa shape index (κ1) is 15.4. The Morgan fingerprint density at radius 1 is 1.19 bits per heavy atom. The highest BCUT2D eigenvalue weighted by molar-refractivity contribution is 9.10. The minimum Gasteiger partial charge on any atom is -0.464 e. The van der Waals surface area contributed by atoms with Gasteiger partial charge in [0.2, 0.25) is 5.95 Å². The van der Waals surface area contributed by atoms with E-state index in [4.69, 9.17) is 9.47 Å². The first-order valence-corrected chi connectivity index (χ1v) is 7.17. The molecule has 0 saturated heterocycles. The van der Waals surface area contributed by atoms with Crippen LogP contribution in [-0.4, -0.2) is 28.1 Å². The number of halogens is 2. The highest BCUT2D eigenvalue weighted by Gasteiger charge is 2.10. The Morgan fingerprint density at radius 2 is 1.95 bits per heavy atom. The molecule has 0 radical (unpaired) electrons. The zero-order valence-electron chi connectivity index (χ0n) is 11.6. The second-order valence-corrected chi connectivity index (χ2v) is 4.72. The fourth-order valence-corrected chi connectivity index (χ4v) is 1.71. The minimum absolute atomic E-state index is 0.0334. The Balaban J connectivity index is 2.26. The van der Waals surface area contributed by atoms with Crippen LogP contribution < -0.4 is 14.8 Å². The van der Waals surface area contributed by atoms with E-state index in [9.17, 15) is 4.39 Å². The molecule has 8 heteroatoms. The molecule has 2 aromatic rings. The maximum atomic E-state index is 13.5. The summed E-state index contributed by atoms with van der Waals surface area (Å²) >= 11 is 3.08. The topological polar surface area (TPSA) is 69.2 Å². The fraction of sp³-hybridized carbons (Fsp3) is 0.308. The largest absolute Gasteiger partial charge is 0.464 e. The van der Waals surface area contributed by atoms with Crippen LogP contribution in [0.25, 0.3) is 0 Å². The Bertz CT molecular complexity index is 603. The van der Waals surface area contributed by atoms with Crippen molar-refractivity contribution in [2.75, 3.05) is 18.5 Å². The van der Waals surface area contributed by atoms with E-state index in [-0.39, 0.29) is 17.8 Å². The van der Waals surface area contributed by atoms with Gasteiger partial charge in [0, 0.05) is 12.6 Å². The summed E-state index contributed by atoms with van der Waals surface area (Å²) in [5.41, 5.74) is 0. The summed E-state index contributed by atoms with van der Waals surface area (Å²) in [6.07, 6.45) is 0.